The average molecular weight is 1150 g/mol. The van der Waals surface area contributed by atoms with Gasteiger partial charge in [-0.25, -0.2) is 13.2 Å². The van der Waals surface area contributed by atoms with Crippen LogP contribution in [0.4, 0.5) is 13.2 Å². The summed E-state index contributed by atoms with van der Waals surface area (Å²) in [6.45, 7) is 6.54. The molecule has 4 aromatic heterocycles. The summed E-state index contributed by atoms with van der Waals surface area (Å²) in [6, 6.07) is 39.0. The minimum Gasteiger partial charge on any atom is -0.507 e. The van der Waals surface area contributed by atoms with Gasteiger partial charge in [0, 0.05) is 63.5 Å². The van der Waals surface area contributed by atoms with Gasteiger partial charge in [-0.2, -0.15) is 0 Å². The number of pyridine rings is 4. The number of H-pyrrole nitrogens is 4. The van der Waals surface area contributed by atoms with Gasteiger partial charge in [-0.1, -0.05) is 66.2 Å². The number of aryl methyl sites for hydroxylation is 4. The number of aliphatic hydroxyl groups excluding tert-OH is 2. The van der Waals surface area contributed by atoms with E-state index in [0.29, 0.717) is 61.5 Å². The third kappa shape index (κ3) is 12.2. The predicted octanol–water partition coefficient (Wildman–Crippen LogP) is 11.6. The third-order valence-corrected chi connectivity index (χ3v) is 14.0. The first-order valence-electron chi connectivity index (χ1n) is 26.1. The molecule has 0 unspecified atom stereocenters. The SMILES string of the molecule is Cc1ccc(-c2cc(=O)c3c(O)c(CO)ccc3[nH]2)c(F)c1.Cc1ccc(-c2cc(=O)c3c(O)c(CO)ccc3[nH]2)cc1.Cc1ccc(-c2cc(=O)c3c(O)c(O)ccc3[nH]2)c(F)c1.Cc1ccc(-c2cc(=O)c3c(O)c(O)ccc3[nH]2)cc1F. The zero-order chi connectivity index (χ0) is 61.1. The Morgan fingerprint density at radius 1 is 0.341 bits per heavy atom. The van der Waals surface area contributed by atoms with Crippen LogP contribution >= 0.6 is 0 Å². The van der Waals surface area contributed by atoms with Crippen molar-refractivity contribution >= 4 is 43.6 Å². The molecule has 4 heterocycles. The maximum absolute atomic E-state index is 14.1. The van der Waals surface area contributed by atoms with Crippen molar-refractivity contribution in [3.8, 4) is 79.5 Å². The summed E-state index contributed by atoms with van der Waals surface area (Å²) in [5.41, 5.74) is 7.62. The fraction of sp³-hybridized carbons (Fsp3) is 0.0909. The second kappa shape index (κ2) is 24.3. The molecule has 85 heavy (non-hydrogen) atoms. The van der Waals surface area contributed by atoms with E-state index in [1.165, 1.54) is 72.8 Å². The maximum atomic E-state index is 14.1. The van der Waals surface area contributed by atoms with Gasteiger partial charge in [0.2, 0.25) is 0 Å². The van der Waals surface area contributed by atoms with E-state index in [1.54, 1.807) is 75.4 Å². The molecule has 0 bridgehead atoms. The summed E-state index contributed by atoms with van der Waals surface area (Å²) in [4.78, 5) is 60.7. The third-order valence-electron chi connectivity index (χ3n) is 14.0. The fourth-order valence-electron chi connectivity index (χ4n) is 9.41. The van der Waals surface area contributed by atoms with Gasteiger partial charge in [0.15, 0.2) is 44.7 Å². The van der Waals surface area contributed by atoms with E-state index in [-0.39, 0.29) is 85.7 Å². The van der Waals surface area contributed by atoms with Crippen molar-refractivity contribution in [3.63, 3.8) is 0 Å². The number of rotatable bonds is 6. The Hall–Kier alpha value is -10.9. The van der Waals surface area contributed by atoms with Gasteiger partial charge in [-0.05, 0) is 117 Å². The standard InChI is InChI=1S/C17H14FNO3.C17H15NO3.2C16H12FNO3/c1-9-2-4-11(12(18)6-9)14-7-15(21)16-13(19-14)5-3-10(8-20)17(16)22;1-10-2-4-11(5-3-10)14-8-15(20)16-13(18-14)7-6-12(9-19)17(16)21;1-8-2-3-9(6-10(8)17)12-7-14(20)15-11(18-12)4-5-13(19)16(15)21;1-8-2-3-9(10(17)6-8)12-7-14(20)15-11(18-12)4-5-13(19)16(15)21/h2-7,20,22H,8H2,1H3,(H,19,21);2-8,19,21H,9H2,1H3,(H,18,20);2*2-7,19,21H,1H3,(H,18,20). The van der Waals surface area contributed by atoms with Crippen molar-refractivity contribution in [2.24, 2.45) is 0 Å². The second-order valence-electron chi connectivity index (χ2n) is 20.0. The molecule has 0 saturated carbocycles. The van der Waals surface area contributed by atoms with Gasteiger partial charge in [0.1, 0.15) is 29.0 Å². The Labute approximate surface area is 479 Å². The molecule has 12 aromatic rings. The molecule has 430 valence electrons. The summed E-state index contributed by atoms with van der Waals surface area (Å²) >= 11 is 0. The van der Waals surface area contributed by atoms with Crippen molar-refractivity contribution < 1.29 is 54.0 Å². The molecular formula is C66H53F3N4O12. The molecule has 0 aliphatic carbocycles. The number of benzene rings is 8. The highest BCUT2D eigenvalue weighted by Gasteiger charge is 2.17. The second-order valence-corrected chi connectivity index (χ2v) is 20.0. The smallest absolute Gasteiger partial charge is 0.193 e. The van der Waals surface area contributed by atoms with Crippen LogP contribution in [0.5, 0.6) is 34.5 Å². The van der Waals surface area contributed by atoms with Crippen LogP contribution in [0.1, 0.15) is 33.4 Å². The molecule has 16 nitrogen and oxygen atoms in total. The van der Waals surface area contributed by atoms with Crippen LogP contribution in [-0.2, 0) is 13.2 Å². The van der Waals surface area contributed by atoms with E-state index >= 15 is 0 Å². The molecule has 8 aromatic carbocycles. The first-order chi connectivity index (χ1) is 40.5. The van der Waals surface area contributed by atoms with Gasteiger partial charge in [0.25, 0.3) is 0 Å². The van der Waals surface area contributed by atoms with E-state index < -0.39 is 39.4 Å². The molecular weight excluding hydrogens is 1100 g/mol. The summed E-state index contributed by atoms with van der Waals surface area (Å²) in [5, 5.41) is 77.0. The van der Waals surface area contributed by atoms with Gasteiger partial charge in [-0.15, -0.1) is 0 Å². The Morgan fingerprint density at radius 3 is 1.07 bits per heavy atom. The summed E-state index contributed by atoms with van der Waals surface area (Å²) in [5.74, 6) is -3.31. The Bertz CT molecular complexity index is 4840. The molecule has 12 rings (SSSR count). The van der Waals surface area contributed by atoms with Gasteiger partial charge in [-0.3, -0.25) is 19.2 Å². The van der Waals surface area contributed by atoms with Crippen molar-refractivity contribution in [2.45, 2.75) is 40.9 Å². The molecule has 0 spiro atoms. The van der Waals surface area contributed by atoms with Gasteiger partial charge >= 0.3 is 0 Å². The number of phenolic OH excluding ortho intramolecular Hbond substituents is 4. The van der Waals surface area contributed by atoms with E-state index in [9.17, 15) is 63.0 Å². The van der Waals surface area contributed by atoms with E-state index in [0.717, 1.165) is 22.3 Å². The zero-order valence-corrected chi connectivity index (χ0v) is 45.7. The first kappa shape index (κ1) is 58.8. The highest BCUT2D eigenvalue weighted by Crippen LogP contribution is 2.35. The number of fused-ring (bicyclic) bond motifs is 4. The number of aromatic nitrogens is 4. The number of aromatic hydroxyl groups is 6. The molecule has 0 aliphatic heterocycles. The molecule has 0 amide bonds. The number of aromatic amines is 4. The van der Waals surface area contributed by atoms with E-state index in [2.05, 4.69) is 19.9 Å². The fourth-order valence-corrected chi connectivity index (χ4v) is 9.41. The Kier molecular flexibility index (Phi) is 16.8. The van der Waals surface area contributed by atoms with Crippen molar-refractivity contribution in [2.75, 3.05) is 0 Å². The lowest BCUT2D eigenvalue weighted by atomic mass is 10.0. The van der Waals surface area contributed by atoms with Crippen molar-refractivity contribution in [3.05, 3.63) is 243 Å². The lowest BCUT2D eigenvalue weighted by Gasteiger charge is -2.09. The van der Waals surface area contributed by atoms with Crippen LogP contribution in [0.25, 0.3) is 88.6 Å². The van der Waals surface area contributed by atoms with Crippen LogP contribution < -0.4 is 21.7 Å². The highest BCUT2D eigenvalue weighted by atomic mass is 19.1. The van der Waals surface area contributed by atoms with Crippen LogP contribution in [0.15, 0.2) is 171 Å². The molecule has 12 N–H and O–H groups in total. The Balaban J connectivity index is 0.000000136. The quantitative estimate of drug-likeness (QED) is 0.0692. The molecule has 0 atom stereocenters. The van der Waals surface area contributed by atoms with Crippen LogP contribution in [0, 0.1) is 45.1 Å². The van der Waals surface area contributed by atoms with Crippen molar-refractivity contribution in [1.82, 2.24) is 19.9 Å². The van der Waals surface area contributed by atoms with E-state index in [4.69, 9.17) is 10.2 Å². The summed E-state index contributed by atoms with van der Waals surface area (Å²) in [7, 11) is 0. The molecule has 0 aliphatic rings. The zero-order valence-electron chi connectivity index (χ0n) is 45.7. The number of hydrogen-bond acceptors (Lipinski definition) is 12. The number of halogens is 3. The predicted molar refractivity (Wildman–Crippen MR) is 321 cm³/mol. The Morgan fingerprint density at radius 2 is 0.682 bits per heavy atom. The van der Waals surface area contributed by atoms with Crippen LogP contribution in [0.2, 0.25) is 0 Å². The monoisotopic (exact) mass is 1150 g/mol. The molecule has 0 fully saturated rings. The topological polar surface area (TPSA) is 293 Å². The van der Waals surface area contributed by atoms with Gasteiger partial charge in [0.05, 0.1) is 68.2 Å². The normalized spacial score (nSPS) is 11.0. The largest absolute Gasteiger partial charge is 0.507 e. The first-order valence-corrected chi connectivity index (χ1v) is 26.1. The minimum atomic E-state index is -0.493. The van der Waals surface area contributed by atoms with E-state index in [1.807, 2.05) is 31.2 Å². The molecule has 0 saturated heterocycles. The number of phenols is 6. The summed E-state index contributed by atoms with van der Waals surface area (Å²) < 4.78 is 41.7. The highest BCUT2D eigenvalue weighted by molar-refractivity contribution is 5.91. The summed E-state index contributed by atoms with van der Waals surface area (Å²) in [6.07, 6.45) is 0. The van der Waals surface area contributed by atoms with Gasteiger partial charge < -0.3 is 60.8 Å². The lowest BCUT2D eigenvalue weighted by Crippen LogP contribution is -2.05. The number of hydrogen-bond donors (Lipinski definition) is 12. The van der Waals surface area contributed by atoms with Crippen LogP contribution in [-0.4, -0.2) is 60.8 Å². The minimum absolute atomic E-state index is 0.00586. The maximum Gasteiger partial charge on any atom is 0.193 e. The average Bonchev–Trinajstić information content (AvgIpc) is 1.62. The number of nitrogens with one attached hydrogen (secondary N) is 4. The number of aliphatic hydroxyl groups is 2. The van der Waals surface area contributed by atoms with Crippen LogP contribution in [0.3, 0.4) is 0 Å². The molecule has 19 heteroatoms. The molecule has 0 radical (unpaired) electrons. The lowest BCUT2D eigenvalue weighted by molar-refractivity contribution is 0.275. The van der Waals surface area contributed by atoms with Crippen molar-refractivity contribution in [1.29, 1.82) is 0 Å².